The lowest BCUT2D eigenvalue weighted by atomic mass is 10.2. The molecule has 0 aliphatic carbocycles. The number of piperazine rings is 1. The van der Waals surface area contributed by atoms with Crippen molar-refractivity contribution in [2.24, 2.45) is 0 Å². The van der Waals surface area contributed by atoms with Crippen LogP contribution in [-0.4, -0.2) is 30.6 Å². The molecular formula is C14H17ClN4S. The van der Waals surface area contributed by atoms with Crippen LogP contribution in [0.5, 0.6) is 0 Å². The molecule has 6 heteroatoms. The van der Waals surface area contributed by atoms with E-state index in [9.17, 15) is 0 Å². The van der Waals surface area contributed by atoms with Gasteiger partial charge in [0, 0.05) is 42.5 Å². The molecule has 1 aliphatic heterocycles. The van der Waals surface area contributed by atoms with Crippen LogP contribution in [0.3, 0.4) is 0 Å². The molecule has 2 N–H and O–H groups in total. The van der Waals surface area contributed by atoms with Crippen molar-refractivity contribution in [2.75, 3.05) is 41.7 Å². The monoisotopic (exact) mass is 308 g/mol. The average molecular weight is 309 g/mol. The fourth-order valence-electron chi connectivity index (χ4n) is 2.45. The third kappa shape index (κ3) is 2.55. The van der Waals surface area contributed by atoms with Crippen LogP contribution in [0.25, 0.3) is 0 Å². The Labute approximate surface area is 127 Å². The van der Waals surface area contributed by atoms with E-state index in [1.165, 1.54) is 22.2 Å². The quantitative estimate of drug-likeness (QED) is 0.926. The number of nitrogens with two attached hydrogens (primary N) is 1. The number of hydrogen-bond acceptors (Lipinski definition) is 5. The second-order valence-corrected chi connectivity index (χ2v) is 6.14. The Morgan fingerprint density at radius 2 is 1.70 bits per heavy atom. The highest BCUT2D eigenvalue weighted by Crippen LogP contribution is 2.30. The van der Waals surface area contributed by atoms with Gasteiger partial charge in [-0.1, -0.05) is 11.6 Å². The Morgan fingerprint density at radius 3 is 2.25 bits per heavy atom. The SMILES string of the molecule is Cc1c(N)nsc1N1CCN(c2ccc(Cl)cc2)CC1. The normalized spacial score (nSPS) is 15.7. The Balaban J connectivity index is 1.68. The maximum Gasteiger partial charge on any atom is 0.142 e. The summed E-state index contributed by atoms with van der Waals surface area (Å²) in [5.41, 5.74) is 8.17. The first kappa shape index (κ1) is 13.5. The molecule has 106 valence electrons. The van der Waals surface area contributed by atoms with Gasteiger partial charge in [-0.05, 0) is 42.7 Å². The number of nitrogen functional groups attached to an aromatic ring is 1. The molecule has 1 aromatic heterocycles. The molecule has 3 rings (SSSR count). The van der Waals surface area contributed by atoms with E-state index in [1.54, 1.807) is 0 Å². The number of benzene rings is 1. The van der Waals surface area contributed by atoms with E-state index < -0.39 is 0 Å². The zero-order valence-electron chi connectivity index (χ0n) is 11.3. The molecule has 4 nitrogen and oxygen atoms in total. The predicted octanol–water partition coefficient (Wildman–Crippen LogP) is 3.01. The highest BCUT2D eigenvalue weighted by atomic mass is 35.5. The van der Waals surface area contributed by atoms with Crippen molar-refractivity contribution in [1.29, 1.82) is 0 Å². The van der Waals surface area contributed by atoms with E-state index >= 15 is 0 Å². The molecule has 20 heavy (non-hydrogen) atoms. The molecule has 2 aromatic rings. The lowest BCUT2D eigenvalue weighted by molar-refractivity contribution is 0.656. The van der Waals surface area contributed by atoms with Gasteiger partial charge in [0.25, 0.3) is 0 Å². The highest BCUT2D eigenvalue weighted by molar-refractivity contribution is 7.10. The van der Waals surface area contributed by atoms with E-state index in [-0.39, 0.29) is 0 Å². The molecule has 0 spiro atoms. The first-order valence-corrected chi connectivity index (χ1v) is 7.77. The molecule has 0 atom stereocenters. The van der Waals surface area contributed by atoms with Crippen molar-refractivity contribution in [2.45, 2.75) is 6.92 Å². The Hall–Kier alpha value is -1.46. The Kier molecular flexibility index (Phi) is 3.72. The Morgan fingerprint density at radius 1 is 1.10 bits per heavy atom. The van der Waals surface area contributed by atoms with Crippen LogP contribution in [0.15, 0.2) is 24.3 Å². The summed E-state index contributed by atoms with van der Waals surface area (Å²) in [5.74, 6) is 0.658. The van der Waals surface area contributed by atoms with Gasteiger partial charge in [-0.15, -0.1) is 0 Å². The van der Waals surface area contributed by atoms with Crippen molar-refractivity contribution in [3.63, 3.8) is 0 Å². The molecular weight excluding hydrogens is 292 g/mol. The molecule has 1 aromatic carbocycles. The minimum Gasteiger partial charge on any atom is -0.383 e. The summed E-state index contributed by atoms with van der Waals surface area (Å²) in [6, 6.07) is 8.04. The number of anilines is 3. The van der Waals surface area contributed by atoms with Gasteiger partial charge >= 0.3 is 0 Å². The summed E-state index contributed by atoms with van der Waals surface area (Å²) in [5, 5.41) is 1.99. The standard InChI is InChI=1S/C14H17ClN4S/c1-10-13(16)17-20-14(10)19-8-6-18(7-9-19)12-4-2-11(15)3-5-12/h2-5H,6-9H2,1H3,(H2,16,17). The molecule has 0 amide bonds. The van der Waals surface area contributed by atoms with Gasteiger partial charge in [0.2, 0.25) is 0 Å². The summed E-state index contributed by atoms with van der Waals surface area (Å²) in [4.78, 5) is 4.75. The largest absolute Gasteiger partial charge is 0.383 e. The number of halogens is 1. The van der Waals surface area contributed by atoms with E-state index in [0.29, 0.717) is 5.82 Å². The highest BCUT2D eigenvalue weighted by Gasteiger charge is 2.21. The van der Waals surface area contributed by atoms with Crippen LogP contribution >= 0.6 is 23.1 Å². The third-order valence-electron chi connectivity index (χ3n) is 3.69. The molecule has 2 heterocycles. The lowest BCUT2D eigenvalue weighted by Crippen LogP contribution is -2.46. The zero-order chi connectivity index (χ0) is 14.1. The summed E-state index contributed by atoms with van der Waals surface area (Å²) in [7, 11) is 0. The van der Waals surface area contributed by atoms with Crippen LogP contribution in [0, 0.1) is 6.92 Å². The number of hydrogen-bond donors (Lipinski definition) is 1. The number of rotatable bonds is 2. The van der Waals surface area contributed by atoms with Gasteiger partial charge in [0.1, 0.15) is 10.8 Å². The second kappa shape index (κ2) is 5.50. The van der Waals surface area contributed by atoms with Crippen LogP contribution in [0.2, 0.25) is 5.02 Å². The molecule has 1 fully saturated rings. The Bertz CT molecular complexity index is 588. The van der Waals surface area contributed by atoms with Gasteiger partial charge in [-0.2, -0.15) is 4.37 Å². The summed E-state index contributed by atoms with van der Waals surface area (Å²) >= 11 is 7.43. The molecule has 1 aliphatic rings. The summed E-state index contributed by atoms with van der Waals surface area (Å²) < 4.78 is 4.23. The van der Waals surface area contributed by atoms with Crippen molar-refractivity contribution in [1.82, 2.24) is 4.37 Å². The van der Waals surface area contributed by atoms with Crippen LogP contribution in [-0.2, 0) is 0 Å². The van der Waals surface area contributed by atoms with Gasteiger partial charge < -0.3 is 15.5 Å². The first-order chi connectivity index (χ1) is 9.65. The average Bonchev–Trinajstić information content (AvgIpc) is 2.80. The number of nitrogens with zero attached hydrogens (tertiary/aromatic N) is 3. The minimum atomic E-state index is 0.658. The van der Waals surface area contributed by atoms with Crippen molar-refractivity contribution >= 4 is 39.6 Å². The summed E-state index contributed by atoms with van der Waals surface area (Å²) in [6.45, 7) is 6.02. The van der Waals surface area contributed by atoms with Crippen molar-refractivity contribution < 1.29 is 0 Å². The van der Waals surface area contributed by atoms with Gasteiger partial charge in [-0.25, -0.2) is 0 Å². The molecule has 0 bridgehead atoms. The fraction of sp³-hybridized carbons (Fsp3) is 0.357. The van der Waals surface area contributed by atoms with E-state index in [4.69, 9.17) is 17.3 Å². The van der Waals surface area contributed by atoms with Gasteiger partial charge in [-0.3, -0.25) is 0 Å². The topological polar surface area (TPSA) is 45.4 Å². The maximum atomic E-state index is 5.93. The molecule has 0 radical (unpaired) electrons. The smallest absolute Gasteiger partial charge is 0.142 e. The zero-order valence-corrected chi connectivity index (χ0v) is 12.9. The molecule has 0 unspecified atom stereocenters. The van der Waals surface area contributed by atoms with Gasteiger partial charge in [0.05, 0.1) is 0 Å². The van der Waals surface area contributed by atoms with E-state index in [0.717, 1.165) is 36.8 Å². The van der Waals surface area contributed by atoms with Gasteiger partial charge in [0.15, 0.2) is 0 Å². The van der Waals surface area contributed by atoms with Crippen LogP contribution < -0.4 is 15.5 Å². The second-order valence-electron chi connectivity index (χ2n) is 4.95. The molecule has 1 saturated heterocycles. The third-order valence-corrected chi connectivity index (χ3v) is 4.97. The molecule has 0 saturated carbocycles. The lowest BCUT2D eigenvalue weighted by Gasteiger charge is -2.36. The van der Waals surface area contributed by atoms with E-state index in [1.807, 2.05) is 19.1 Å². The predicted molar refractivity (Wildman–Crippen MR) is 87.1 cm³/mol. The number of aromatic nitrogens is 1. The van der Waals surface area contributed by atoms with Crippen LogP contribution in [0.1, 0.15) is 5.56 Å². The fourth-order valence-corrected chi connectivity index (χ4v) is 3.44. The summed E-state index contributed by atoms with van der Waals surface area (Å²) in [6.07, 6.45) is 0. The first-order valence-electron chi connectivity index (χ1n) is 6.62. The minimum absolute atomic E-state index is 0.658. The van der Waals surface area contributed by atoms with Crippen molar-refractivity contribution in [3.8, 4) is 0 Å². The van der Waals surface area contributed by atoms with Crippen molar-refractivity contribution in [3.05, 3.63) is 34.9 Å². The van der Waals surface area contributed by atoms with E-state index in [2.05, 4.69) is 26.3 Å². The van der Waals surface area contributed by atoms with Crippen LogP contribution in [0.4, 0.5) is 16.5 Å². The maximum absolute atomic E-state index is 5.93.